The van der Waals surface area contributed by atoms with Crippen LogP contribution in [0.15, 0.2) is 18.2 Å². The summed E-state index contributed by atoms with van der Waals surface area (Å²) < 4.78 is 10.5. The predicted molar refractivity (Wildman–Crippen MR) is 98.0 cm³/mol. The fraction of sp³-hybridized carbons (Fsp3) is 0.471. The number of thioether (sulfide) groups is 1. The number of hydrogen-bond acceptors (Lipinski definition) is 6. The van der Waals surface area contributed by atoms with Crippen molar-refractivity contribution in [3.05, 3.63) is 18.2 Å². The Morgan fingerprint density at radius 2 is 2.12 bits per heavy atom. The molecule has 1 heterocycles. The summed E-state index contributed by atoms with van der Waals surface area (Å²) in [4.78, 5) is 36.6. The van der Waals surface area contributed by atoms with E-state index >= 15 is 0 Å². The van der Waals surface area contributed by atoms with E-state index in [0.717, 1.165) is 0 Å². The average molecular weight is 382 g/mol. The maximum Gasteiger partial charge on any atom is 0.313 e. The highest BCUT2D eigenvalue weighted by Gasteiger charge is 2.36. The van der Waals surface area contributed by atoms with Crippen molar-refractivity contribution in [2.75, 3.05) is 43.7 Å². The van der Waals surface area contributed by atoms with Crippen molar-refractivity contribution in [1.29, 1.82) is 0 Å². The van der Waals surface area contributed by atoms with Crippen molar-refractivity contribution in [3.8, 4) is 11.5 Å². The lowest BCUT2D eigenvalue weighted by atomic mass is 10.1. The third-order valence-corrected chi connectivity index (χ3v) is 4.89. The number of nitrogens with zero attached hydrogens (tertiary/aromatic N) is 1. The molecule has 1 aliphatic rings. The number of carboxylic acids is 1. The van der Waals surface area contributed by atoms with Gasteiger partial charge in [0.15, 0.2) is 0 Å². The summed E-state index contributed by atoms with van der Waals surface area (Å²) in [5, 5.41) is 11.3. The van der Waals surface area contributed by atoms with Crippen molar-refractivity contribution >= 4 is 35.2 Å². The zero-order valence-corrected chi connectivity index (χ0v) is 15.5. The van der Waals surface area contributed by atoms with Crippen molar-refractivity contribution in [1.82, 2.24) is 5.32 Å². The van der Waals surface area contributed by atoms with Crippen molar-refractivity contribution < 1.29 is 29.0 Å². The number of carbonyl (C=O) groups excluding carboxylic acids is 2. The van der Waals surface area contributed by atoms with Crippen LogP contribution in [0, 0.1) is 5.92 Å². The number of ether oxygens (including phenoxy) is 2. The van der Waals surface area contributed by atoms with Crippen LogP contribution in [0.4, 0.5) is 5.69 Å². The van der Waals surface area contributed by atoms with Crippen LogP contribution in [0.2, 0.25) is 0 Å². The monoisotopic (exact) mass is 382 g/mol. The van der Waals surface area contributed by atoms with Gasteiger partial charge in [0.1, 0.15) is 11.5 Å². The van der Waals surface area contributed by atoms with E-state index in [1.807, 2.05) is 0 Å². The summed E-state index contributed by atoms with van der Waals surface area (Å²) in [6, 6.07) is 5.16. The van der Waals surface area contributed by atoms with E-state index in [-0.39, 0.29) is 30.5 Å². The van der Waals surface area contributed by atoms with Gasteiger partial charge in [-0.15, -0.1) is 11.8 Å². The van der Waals surface area contributed by atoms with Gasteiger partial charge in [-0.05, 0) is 12.1 Å². The summed E-state index contributed by atoms with van der Waals surface area (Å²) in [6.07, 6.45) is 0.128. The number of anilines is 1. The molecule has 1 aliphatic heterocycles. The van der Waals surface area contributed by atoms with Crippen LogP contribution in [-0.4, -0.2) is 61.7 Å². The predicted octanol–water partition coefficient (Wildman–Crippen LogP) is 0.991. The summed E-state index contributed by atoms with van der Waals surface area (Å²) in [6.45, 7) is 0.642. The van der Waals surface area contributed by atoms with E-state index in [4.69, 9.17) is 14.6 Å². The van der Waals surface area contributed by atoms with Gasteiger partial charge in [-0.1, -0.05) is 0 Å². The van der Waals surface area contributed by atoms with Crippen LogP contribution in [-0.2, 0) is 14.4 Å². The second-order valence-corrected chi connectivity index (χ2v) is 6.79. The van der Waals surface area contributed by atoms with Crippen molar-refractivity contribution in [2.24, 2.45) is 5.92 Å². The molecule has 0 spiro atoms. The van der Waals surface area contributed by atoms with Gasteiger partial charge in [-0.2, -0.15) is 0 Å². The standard InChI is InChI=1S/C17H22N2O6S/c1-24-12-3-4-13(14(8-12)25-2)19-9-11(7-15(19)20)17(23)18-5-6-26-10-16(21)22/h3-4,8,11H,5-7,9-10H2,1-2H3,(H,18,23)(H,21,22). The number of carboxylic acid groups (broad SMARTS) is 1. The number of carbonyl (C=O) groups is 3. The molecule has 2 rings (SSSR count). The van der Waals surface area contributed by atoms with Gasteiger partial charge in [-0.25, -0.2) is 0 Å². The molecule has 0 bridgehead atoms. The molecule has 0 radical (unpaired) electrons. The first-order valence-electron chi connectivity index (χ1n) is 8.06. The van der Waals surface area contributed by atoms with Gasteiger partial charge in [0.25, 0.3) is 0 Å². The summed E-state index contributed by atoms with van der Waals surface area (Å²) in [7, 11) is 3.06. The smallest absolute Gasteiger partial charge is 0.313 e. The van der Waals surface area contributed by atoms with Gasteiger partial charge < -0.3 is 24.8 Å². The van der Waals surface area contributed by atoms with Gasteiger partial charge in [-0.3, -0.25) is 14.4 Å². The Hall–Kier alpha value is -2.42. The number of aliphatic carboxylic acids is 1. The lowest BCUT2D eigenvalue weighted by molar-refractivity contribution is -0.134. The molecule has 2 amide bonds. The fourth-order valence-electron chi connectivity index (χ4n) is 2.67. The molecule has 0 aromatic heterocycles. The molecule has 26 heavy (non-hydrogen) atoms. The normalized spacial score (nSPS) is 16.5. The van der Waals surface area contributed by atoms with Crippen LogP contribution in [0.5, 0.6) is 11.5 Å². The van der Waals surface area contributed by atoms with E-state index in [1.165, 1.54) is 18.9 Å². The number of amides is 2. The van der Waals surface area contributed by atoms with Crippen LogP contribution in [0.3, 0.4) is 0 Å². The summed E-state index contributed by atoms with van der Waals surface area (Å²) >= 11 is 1.23. The molecule has 1 aromatic rings. The van der Waals surface area contributed by atoms with Crippen LogP contribution in [0.25, 0.3) is 0 Å². The van der Waals surface area contributed by atoms with Gasteiger partial charge in [0.2, 0.25) is 11.8 Å². The van der Waals surface area contributed by atoms with Crippen LogP contribution >= 0.6 is 11.8 Å². The molecule has 1 unspecified atom stereocenters. The highest BCUT2D eigenvalue weighted by Crippen LogP contribution is 2.35. The van der Waals surface area contributed by atoms with Crippen molar-refractivity contribution in [3.63, 3.8) is 0 Å². The number of hydrogen-bond donors (Lipinski definition) is 2. The van der Waals surface area contributed by atoms with Gasteiger partial charge in [0.05, 0.1) is 31.6 Å². The third kappa shape index (κ3) is 5.04. The average Bonchev–Trinajstić information content (AvgIpc) is 3.02. The lowest BCUT2D eigenvalue weighted by Crippen LogP contribution is -2.34. The first-order valence-corrected chi connectivity index (χ1v) is 9.21. The first kappa shape index (κ1) is 19.9. The minimum absolute atomic E-state index is 0.00280. The molecule has 9 heteroatoms. The highest BCUT2D eigenvalue weighted by atomic mass is 32.2. The van der Waals surface area contributed by atoms with E-state index in [1.54, 1.807) is 30.2 Å². The quantitative estimate of drug-likeness (QED) is 0.614. The molecule has 0 saturated carbocycles. The third-order valence-electron chi connectivity index (χ3n) is 3.94. The summed E-state index contributed by atoms with van der Waals surface area (Å²) in [5.41, 5.74) is 0.602. The molecule has 2 N–H and O–H groups in total. The molecule has 142 valence electrons. The Bertz CT molecular complexity index is 681. The minimum atomic E-state index is -0.883. The van der Waals surface area contributed by atoms with Gasteiger partial charge >= 0.3 is 5.97 Å². The number of nitrogens with one attached hydrogen (secondary N) is 1. The molecular formula is C17H22N2O6S. The maximum absolute atomic E-state index is 12.4. The van der Waals surface area contributed by atoms with Crippen molar-refractivity contribution in [2.45, 2.75) is 6.42 Å². The van der Waals surface area contributed by atoms with Crippen LogP contribution in [0.1, 0.15) is 6.42 Å². The zero-order valence-electron chi connectivity index (χ0n) is 14.7. The van der Waals surface area contributed by atoms with E-state index in [9.17, 15) is 14.4 Å². The van der Waals surface area contributed by atoms with Crippen LogP contribution < -0.4 is 19.7 Å². The number of rotatable bonds is 9. The van der Waals surface area contributed by atoms with E-state index < -0.39 is 11.9 Å². The topological polar surface area (TPSA) is 105 Å². The molecule has 8 nitrogen and oxygen atoms in total. The number of benzene rings is 1. The minimum Gasteiger partial charge on any atom is -0.497 e. The summed E-state index contributed by atoms with van der Waals surface area (Å²) in [5.74, 6) is -0.0460. The first-order chi connectivity index (χ1) is 12.5. The maximum atomic E-state index is 12.4. The number of methoxy groups -OCH3 is 2. The SMILES string of the molecule is COc1ccc(N2CC(C(=O)NCCSCC(=O)O)CC2=O)c(OC)c1. The molecule has 1 saturated heterocycles. The van der Waals surface area contributed by atoms with Gasteiger partial charge in [0, 0.05) is 31.3 Å². The highest BCUT2D eigenvalue weighted by molar-refractivity contribution is 7.99. The molecule has 1 fully saturated rings. The zero-order chi connectivity index (χ0) is 19.1. The molecule has 0 aliphatic carbocycles. The second kappa shape index (κ2) is 9.33. The largest absolute Gasteiger partial charge is 0.497 e. The molecular weight excluding hydrogens is 360 g/mol. The Labute approximate surface area is 155 Å². The van der Waals surface area contributed by atoms with E-state index in [0.29, 0.717) is 29.5 Å². The van der Waals surface area contributed by atoms with E-state index in [2.05, 4.69) is 5.32 Å². The molecule has 1 atom stereocenters. The second-order valence-electron chi connectivity index (χ2n) is 5.68. The Balaban J connectivity index is 1.93. The molecule has 1 aromatic carbocycles. The lowest BCUT2D eigenvalue weighted by Gasteiger charge is -2.20. The Morgan fingerprint density at radius 3 is 2.77 bits per heavy atom. The fourth-order valence-corrected chi connectivity index (χ4v) is 3.24. The Morgan fingerprint density at radius 1 is 1.35 bits per heavy atom. The Kier molecular flexibility index (Phi) is 7.14.